The average Bonchev–Trinajstić information content (AvgIpc) is 2.90. The van der Waals surface area contributed by atoms with Crippen molar-refractivity contribution in [2.24, 2.45) is 0 Å². The van der Waals surface area contributed by atoms with Crippen molar-refractivity contribution in [1.82, 2.24) is 14.9 Å². The number of nitrogens with zero attached hydrogens (tertiary/aromatic N) is 1. The number of sulfonamides is 1. The molecule has 0 bridgehead atoms. The molecule has 1 aliphatic rings. The number of ether oxygens (including phenoxy) is 1. The highest BCUT2D eigenvalue weighted by Crippen LogP contribution is 2.28. The zero-order valence-electron chi connectivity index (χ0n) is 19.5. The lowest BCUT2D eigenvalue weighted by Crippen LogP contribution is -2.56. The molecule has 0 aliphatic heterocycles. The summed E-state index contributed by atoms with van der Waals surface area (Å²) in [6.45, 7) is 5.58. The Morgan fingerprint density at radius 1 is 1.12 bits per heavy atom. The molecule has 1 aromatic rings. The van der Waals surface area contributed by atoms with Crippen LogP contribution in [0.1, 0.15) is 69.7 Å². The Kier molecular flexibility index (Phi) is 8.58. The van der Waals surface area contributed by atoms with Crippen molar-refractivity contribution < 1.29 is 22.7 Å². The van der Waals surface area contributed by atoms with Crippen molar-refractivity contribution in [1.29, 1.82) is 0 Å². The first-order valence-corrected chi connectivity index (χ1v) is 12.6. The molecule has 1 aromatic carbocycles. The van der Waals surface area contributed by atoms with Crippen LogP contribution in [-0.2, 0) is 14.8 Å². The topological polar surface area (TPSA) is 105 Å². The van der Waals surface area contributed by atoms with Crippen LogP contribution in [0.15, 0.2) is 23.1 Å². The van der Waals surface area contributed by atoms with Crippen LogP contribution < -0.4 is 10.6 Å². The quantitative estimate of drug-likeness (QED) is 0.591. The van der Waals surface area contributed by atoms with E-state index in [4.69, 9.17) is 16.3 Å². The third kappa shape index (κ3) is 7.08. The molecule has 0 radical (unpaired) electrons. The van der Waals surface area contributed by atoms with Gasteiger partial charge in [-0.1, -0.05) is 37.3 Å². The SMILES string of the molecule is CN(C)S(=O)(=O)c1ccc(Cl)c(C(=O)NCC2(NC(=O)OC(C)(C)C)CCCCCC2)c1. The predicted molar refractivity (Wildman–Crippen MR) is 124 cm³/mol. The van der Waals surface area contributed by atoms with Crippen molar-refractivity contribution in [2.45, 2.75) is 75.3 Å². The van der Waals surface area contributed by atoms with Crippen molar-refractivity contribution in [3.05, 3.63) is 28.8 Å². The van der Waals surface area contributed by atoms with Gasteiger partial charge in [-0.25, -0.2) is 17.5 Å². The number of benzene rings is 1. The number of alkyl carbamates (subject to hydrolysis) is 1. The van der Waals surface area contributed by atoms with Gasteiger partial charge in [0.2, 0.25) is 10.0 Å². The van der Waals surface area contributed by atoms with Gasteiger partial charge in [0.25, 0.3) is 5.91 Å². The smallest absolute Gasteiger partial charge is 0.408 e. The minimum absolute atomic E-state index is 0.0203. The number of amides is 2. The summed E-state index contributed by atoms with van der Waals surface area (Å²) in [6, 6.07) is 4.03. The second kappa shape index (κ2) is 10.4. The Bertz CT molecular complexity index is 933. The normalized spacial score (nSPS) is 16.8. The van der Waals surface area contributed by atoms with Crippen LogP contribution in [0.5, 0.6) is 0 Å². The molecule has 0 spiro atoms. The van der Waals surface area contributed by atoms with Gasteiger partial charge in [-0.2, -0.15) is 0 Å². The van der Waals surface area contributed by atoms with E-state index in [0.717, 1.165) is 30.0 Å². The van der Waals surface area contributed by atoms with Crippen LogP contribution in [-0.4, -0.2) is 56.5 Å². The molecule has 2 N–H and O–H groups in total. The summed E-state index contributed by atoms with van der Waals surface area (Å²) in [5.41, 5.74) is -1.21. The van der Waals surface area contributed by atoms with Gasteiger partial charge in [-0.3, -0.25) is 4.79 Å². The molecule has 2 rings (SSSR count). The molecule has 8 nitrogen and oxygen atoms in total. The van der Waals surface area contributed by atoms with Crippen LogP contribution in [0.2, 0.25) is 5.02 Å². The molecule has 1 fully saturated rings. The van der Waals surface area contributed by atoms with E-state index in [1.54, 1.807) is 20.8 Å². The number of hydrogen-bond donors (Lipinski definition) is 2. The van der Waals surface area contributed by atoms with Crippen LogP contribution in [0.4, 0.5) is 4.79 Å². The minimum atomic E-state index is -3.71. The molecule has 0 unspecified atom stereocenters. The number of rotatable bonds is 6. The molecule has 32 heavy (non-hydrogen) atoms. The van der Waals surface area contributed by atoms with E-state index in [2.05, 4.69) is 10.6 Å². The molecular weight excluding hydrogens is 454 g/mol. The molecule has 0 aromatic heterocycles. The number of nitrogens with one attached hydrogen (secondary N) is 2. The van der Waals surface area contributed by atoms with Crippen LogP contribution >= 0.6 is 11.6 Å². The maximum atomic E-state index is 13.0. The first kappa shape index (κ1) is 26.4. The molecule has 2 amide bonds. The molecule has 1 aliphatic carbocycles. The standard InChI is InChI=1S/C22H34ClN3O5S/c1-21(2,3)31-20(28)25-22(12-8-6-7-9-13-22)15-24-19(27)17-14-16(10-11-18(17)23)32(29,30)26(4)5/h10-11,14H,6-9,12-13,15H2,1-5H3,(H,24,27)(H,25,28). The summed E-state index contributed by atoms with van der Waals surface area (Å²) >= 11 is 6.20. The second-order valence-corrected chi connectivity index (χ2v) is 12.0. The number of carbonyl (C=O) groups is 2. The van der Waals surface area contributed by atoms with E-state index in [0.29, 0.717) is 12.8 Å². The first-order valence-electron chi connectivity index (χ1n) is 10.8. The third-order valence-electron chi connectivity index (χ3n) is 5.38. The van der Waals surface area contributed by atoms with Crippen LogP contribution in [0.25, 0.3) is 0 Å². The average molecular weight is 488 g/mol. The highest BCUT2D eigenvalue weighted by Gasteiger charge is 2.35. The van der Waals surface area contributed by atoms with Gasteiger partial charge in [-0.15, -0.1) is 0 Å². The van der Waals surface area contributed by atoms with Gasteiger partial charge in [-0.05, 0) is 51.8 Å². The van der Waals surface area contributed by atoms with Gasteiger partial charge in [0.05, 0.1) is 21.0 Å². The first-order chi connectivity index (χ1) is 14.8. The molecule has 1 saturated carbocycles. The van der Waals surface area contributed by atoms with E-state index in [1.807, 2.05) is 0 Å². The Morgan fingerprint density at radius 2 is 1.72 bits per heavy atom. The van der Waals surface area contributed by atoms with Gasteiger partial charge in [0.1, 0.15) is 5.60 Å². The summed E-state index contributed by atoms with van der Waals surface area (Å²) in [5.74, 6) is -0.500. The molecular formula is C22H34ClN3O5S. The lowest BCUT2D eigenvalue weighted by Gasteiger charge is -2.35. The summed E-state index contributed by atoms with van der Waals surface area (Å²) in [6.07, 6.45) is 4.84. The maximum Gasteiger partial charge on any atom is 0.408 e. The van der Waals surface area contributed by atoms with Crippen molar-refractivity contribution >= 4 is 33.6 Å². The number of hydrogen-bond acceptors (Lipinski definition) is 5. The molecule has 0 saturated heterocycles. The second-order valence-electron chi connectivity index (χ2n) is 9.43. The van der Waals surface area contributed by atoms with E-state index in [-0.39, 0.29) is 22.0 Å². The Morgan fingerprint density at radius 3 is 2.25 bits per heavy atom. The Labute approximate surface area is 196 Å². The lowest BCUT2D eigenvalue weighted by atomic mass is 9.90. The van der Waals surface area contributed by atoms with E-state index < -0.39 is 33.2 Å². The van der Waals surface area contributed by atoms with Crippen molar-refractivity contribution in [3.8, 4) is 0 Å². The van der Waals surface area contributed by atoms with E-state index in [1.165, 1.54) is 32.3 Å². The molecule has 0 atom stereocenters. The zero-order chi connectivity index (χ0) is 24.2. The predicted octanol–water partition coefficient (Wildman–Crippen LogP) is 3.94. The molecule has 0 heterocycles. The Hall–Kier alpha value is -1.84. The minimum Gasteiger partial charge on any atom is -0.444 e. The van der Waals surface area contributed by atoms with Crippen molar-refractivity contribution in [3.63, 3.8) is 0 Å². The van der Waals surface area contributed by atoms with Gasteiger partial charge in [0.15, 0.2) is 0 Å². The third-order valence-corrected chi connectivity index (χ3v) is 7.52. The lowest BCUT2D eigenvalue weighted by molar-refractivity contribution is 0.0437. The monoisotopic (exact) mass is 487 g/mol. The van der Waals surface area contributed by atoms with Crippen LogP contribution in [0.3, 0.4) is 0 Å². The zero-order valence-corrected chi connectivity index (χ0v) is 21.0. The van der Waals surface area contributed by atoms with Gasteiger partial charge < -0.3 is 15.4 Å². The van der Waals surface area contributed by atoms with Gasteiger partial charge in [0, 0.05) is 20.6 Å². The highest BCUT2D eigenvalue weighted by atomic mass is 35.5. The summed E-state index contributed by atoms with van der Waals surface area (Å²) in [5, 5.41) is 5.99. The summed E-state index contributed by atoms with van der Waals surface area (Å²) < 4.78 is 31.4. The molecule has 10 heteroatoms. The fourth-order valence-corrected chi connectivity index (χ4v) is 4.80. The van der Waals surface area contributed by atoms with E-state index in [9.17, 15) is 18.0 Å². The highest BCUT2D eigenvalue weighted by molar-refractivity contribution is 7.89. The van der Waals surface area contributed by atoms with Crippen molar-refractivity contribution in [2.75, 3.05) is 20.6 Å². The Balaban J connectivity index is 2.22. The number of halogens is 1. The largest absolute Gasteiger partial charge is 0.444 e. The fourth-order valence-electron chi connectivity index (χ4n) is 3.67. The van der Waals surface area contributed by atoms with E-state index >= 15 is 0 Å². The van der Waals surface area contributed by atoms with Crippen LogP contribution in [0, 0.1) is 0 Å². The number of carbonyl (C=O) groups excluding carboxylic acids is 2. The summed E-state index contributed by atoms with van der Waals surface area (Å²) in [4.78, 5) is 25.4. The summed E-state index contributed by atoms with van der Waals surface area (Å²) in [7, 11) is -0.877. The fraction of sp³-hybridized carbons (Fsp3) is 0.636. The van der Waals surface area contributed by atoms with Gasteiger partial charge >= 0.3 is 6.09 Å². The molecule has 180 valence electrons. The maximum absolute atomic E-state index is 13.0.